The molecule has 0 aliphatic carbocycles. The number of aryl methyl sites for hydroxylation is 1. The van der Waals surface area contributed by atoms with Crippen molar-refractivity contribution >= 4 is 23.2 Å². The second-order valence-corrected chi connectivity index (χ2v) is 6.44. The molecule has 7 heteroatoms. The molecule has 0 aliphatic heterocycles. The Labute approximate surface area is 162 Å². The summed E-state index contributed by atoms with van der Waals surface area (Å²) in [4.78, 5) is 24.0. The predicted molar refractivity (Wildman–Crippen MR) is 106 cm³/mol. The highest BCUT2D eigenvalue weighted by Gasteiger charge is 2.18. The van der Waals surface area contributed by atoms with Gasteiger partial charge < -0.3 is 10.6 Å². The molecule has 2 aromatic carbocycles. The summed E-state index contributed by atoms with van der Waals surface area (Å²) in [5, 5.41) is 9.47. The summed E-state index contributed by atoms with van der Waals surface area (Å²) in [5.74, 6) is -1.34. The second-order valence-electron chi connectivity index (χ2n) is 6.44. The van der Waals surface area contributed by atoms with Crippen LogP contribution in [0.3, 0.4) is 0 Å². The Balaban J connectivity index is 1.89. The molecule has 0 aliphatic rings. The molecule has 0 spiro atoms. The topological polar surface area (TPSA) is 76.0 Å². The van der Waals surface area contributed by atoms with E-state index in [0.29, 0.717) is 17.7 Å². The monoisotopic (exact) mass is 380 g/mol. The Morgan fingerprint density at radius 1 is 1.11 bits per heavy atom. The number of hydrogen-bond acceptors (Lipinski definition) is 3. The zero-order valence-electron chi connectivity index (χ0n) is 15.9. The van der Waals surface area contributed by atoms with Crippen LogP contribution in [0, 0.1) is 12.7 Å². The molecule has 6 nitrogen and oxygen atoms in total. The Kier molecular flexibility index (Phi) is 5.54. The number of anilines is 2. The van der Waals surface area contributed by atoms with Crippen LogP contribution < -0.4 is 10.6 Å². The molecule has 144 valence electrons. The highest BCUT2D eigenvalue weighted by molar-refractivity contribution is 6.05. The third-order valence-corrected chi connectivity index (χ3v) is 4.26. The maximum absolute atomic E-state index is 14.1. The third kappa shape index (κ3) is 4.09. The Morgan fingerprint density at radius 2 is 1.82 bits per heavy atom. The maximum Gasteiger partial charge on any atom is 0.259 e. The second kappa shape index (κ2) is 8.04. The molecule has 0 radical (unpaired) electrons. The molecule has 1 aromatic heterocycles. The lowest BCUT2D eigenvalue weighted by molar-refractivity contribution is -0.114. The minimum Gasteiger partial charge on any atom is -0.326 e. The number of nitrogens with zero attached hydrogens (tertiary/aromatic N) is 2. The van der Waals surface area contributed by atoms with Gasteiger partial charge in [0.15, 0.2) is 0 Å². The molecule has 3 rings (SSSR count). The maximum atomic E-state index is 14.1. The van der Waals surface area contributed by atoms with Crippen LogP contribution in [0.15, 0.2) is 48.7 Å². The first-order valence-corrected chi connectivity index (χ1v) is 8.91. The summed E-state index contributed by atoms with van der Waals surface area (Å²) in [5.41, 5.74) is 3.45. The van der Waals surface area contributed by atoms with Crippen molar-refractivity contribution in [1.29, 1.82) is 0 Å². The molecule has 0 atom stereocenters. The van der Waals surface area contributed by atoms with Crippen LogP contribution in [0.2, 0.25) is 0 Å². The molecule has 1 heterocycles. The summed E-state index contributed by atoms with van der Waals surface area (Å²) < 4.78 is 15.8. The lowest BCUT2D eigenvalue weighted by atomic mass is 10.1. The first-order chi connectivity index (χ1) is 13.4. The van der Waals surface area contributed by atoms with Crippen molar-refractivity contribution in [1.82, 2.24) is 9.78 Å². The van der Waals surface area contributed by atoms with Gasteiger partial charge in [0.25, 0.3) is 5.91 Å². The van der Waals surface area contributed by atoms with Crippen molar-refractivity contribution in [3.05, 3.63) is 71.3 Å². The largest absolute Gasteiger partial charge is 0.326 e. The van der Waals surface area contributed by atoms with Gasteiger partial charge in [0.05, 0.1) is 28.8 Å². The molecule has 0 saturated heterocycles. The molecular formula is C21H21FN4O2. The van der Waals surface area contributed by atoms with Gasteiger partial charge in [-0.2, -0.15) is 5.10 Å². The summed E-state index contributed by atoms with van der Waals surface area (Å²) in [6.07, 6.45) is 2.05. The standard InChI is InChI=1S/C21H21FN4O2/c1-4-20-17(12-23-26(20)16-8-5-13(2)6-9-16)21(28)25-19-11-15(24-14(3)27)7-10-18(19)22/h5-12H,4H2,1-3H3,(H,24,27)(H,25,28). The van der Waals surface area contributed by atoms with E-state index in [0.717, 1.165) is 16.9 Å². The van der Waals surface area contributed by atoms with Crippen molar-refractivity contribution in [2.75, 3.05) is 10.6 Å². The number of carbonyl (C=O) groups excluding carboxylic acids is 2. The molecule has 3 aromatic rings. The van der Waals surface area contributed by atoms with Gasteiger partial charge in [-0.25, -0.2) is 9.07 Å². The number of benzene rings is 2. The minimum atomic E-state index is -0.591. The quantitative estimate of drug-likeness (QED) is 0.700. The average molecular weight is 380 g/mol. The van der Waals surface area contributed by atoms with Crippen LogP contribution in [0.25, 0.3) is 5.69 Å². The van der Waals surface area contributed by atoms with Gasteiger partial charge in [-0.15, -0.1) is 0 Å². The van der Waals surface area contributed by atoms with Crippen molar-refractivity contribution < 1.29 is 14.0 Å². The Morgan fingerprint density at radius 3 is 2.46 bits per heavy atom. The fraction of sp³-hybridized carbons (Fsp3) is 0.190. The van der Waals surface area contributed by atoms with Gasteiger partial charge in [0, 0.05) is 12.6 Å². The van der Waals surface area contributed by atoms with Crippen molar-refractivity contribution in [3.63, 3.8) is 0 Å². The van der Waals surface area contributed by atoms with Crippen LogP contribution >= 0.6 is 0 Å². The smallest absolute Gasteiger partial charge is 0.259 e. The zero-order chi connectivity index (χ0) is 20.3. The van der Waals surface area contributed by atoms with Gasteiger partial charge in [-0.3, -0.25) is 9.59 Å². The summed E-state index contributed by atoms with van der Waals surface area (Å²) in [6, 6.07) is 11.8. The van der Waals surface area contributed by atoms with E-state index in [4.69, 9.17) is 0 Å². The molecule has 2 amide bonds. The normalized spacial score (nSPS) is 10.6. The van der Waals surface area contributed by atoms with Crippen molar-refractivity contribution in [2.24, 2.45) is 0 Å². The van der Waals surface area contributed by atoms with Crippen LogP contribution in [-0.2, 0) is 11.2 Å². The van der Waals surface area contributed by atoms with Gasteiger partial charge >= 0.3 is 0 Å². The number of nitrogens with one attached hydrogen (secondary N) is 2. The first kappa shape index (κ1) is 19.3. The van der Waals surface area contributed by atoms with E-state index in [9.17, 15) is 14.0 Å². The van der Waals surface area contributed by atoms with Gasteiger partial charge in [-0.05, 0) is 43.7 Å². The van der Waals surface area contributed by atoms with E-state index >= 15 is 0 Å². The van der Waals surface area contributed by atoms with E-state index in [2.05, 4.69) is 15.7 Å². The average Bonchev–Trinajstić information content (AvgIpc) is 3.08. The number of aromatic nitrogens is 2. The minimum absolute atomic E-state index is 0.0126. The van der Waals surface area contributed by atoms with E-state index in [1.807, 2.05) is 38.1 Å². The van der Waals surface area contributed by atoms with E-state index < -0.39 is 11.7 Å². The number of rotatable bonds is 5. The molecule has 2 N–H and O–H groups in total. The fourth-order valence-corrected chi connectivity index (χ4v) is 2.90. The van der Waals surface area contributed by atoms with Crippen molar-refractivity contribution in [2.45, 2.75) is 27.2 Å². The van der Waals surface area contributed by atoms with Crippen LogP contribution in [-0.4, -0.2) is 21.6 Å². The molecule has 28 heavy (non-hydrogen) atoms. The lowest BCUT2D eigenvalue weighted by Gasteiger charge is -2.10. The summed E-state index contributed by atoms with van der Waals surface area (Å²) in [7, 11) is 0. The van der Waals surface area contributed by atoms with Crippen LogP contribution in [0.1, 0.15) is 35.5 Å². The number of hydrogen-bond donors (Lipinski definition) is 2. The zero-order valence-corrected chi connectivity index (χ0v) is 15.9. The summed E-state index contributed by atoms with van der Waals surface area (Å²) >= 11 is 0. The predicted octanol–water partition coefficient (Wildman–Crippen LogP) is 4.09. The highest BCUT2D eigenvalue weighted by Crippen LogP contribution is 2.22. The molecule has 0 saturated carbocycles. The Hall–Kier alpha value is -3.48. The first-order valence-electron chi connectivity index (χ1n) is 8.91. The fourth-order valence-electron chi connectivity index (χ4n) is 2.90. The number of amides is 2. The lowest BCUT2D eigenvalue weighted by Crippen LogP contribution is -2.16. The SMILES string of the molecule is CCc1c(C(=O)Nc2cc(NC(C)=O)ccc2F)cnn1-c1ccc(C)cc1. The highest BCUT2D eigenvalue weighted by atomic mass is 19.1. The molecule has 0 unspecified atom stereocenters. The van der Waals surface area contributed by atoms with Crippen LogP contribution in [0.5, 0.6) is 0 Å². The molecular weight excluding hydrogens is 359 g/mol. The third-order valence-electron chi connectivity index (χ3n) is 4.26. The van der Waals surface area contributed by atoms with Crippen molar-refractivity contribution in [3.8, 4) is 5.69 Å². The van der Waals surface area contributed by atoms with Gasteiger partial charge in [0.2, 0.25) is 5.91 Å². The van der Waals surface area contributed by atoms with E-state index in [-0.39, 0.29) is 11.6 Å². The van der Waals surface area contributed by atoms with E-state index in [1.54, 1.807) is 4.68 Å². The number of halogens is 1. The van der Waals surface area contributed by atoms with Gasteiger partial charge in [0.1, 0.15) is 5.82 Å². The van der Waals surface area contributed by atoms with Gasteiger partial charge in [-0.1, -0.05) is 24.6 Å². The Bertz CT molecular complexity index is 1030. The summed E-state index contributed by atoms with van der Waals surface area (Å²) in [6.45, 7) is 5.28. The molecule has 0 bridgehead atoms. The number of carbonyl (C=O) groups is 2. The molecule has 0 fully saturated rings. The van der Waals surface area contributed by atoms with E-state index in [1.165, 1.54) is 31.3 Å². The van der Waals surface area contributed by atoms with Crippen LogP contribution in [0.4, 0.5) is 15.8 Å².